The van der Waals surface area contributed by atoms with Gasteiger partial charge in [0.05, 0.1) is 6.04 Å². The molecule has 1 aliphatic carbocycles. The Bertz CT molecular complexity index is 1170. The van der Waals surface area contributed by atoms with E-state index in [2.05, 4.69) is 16.4 Å². The van der Waals surface area contributed by atoms with Crippen LogP contribution < -0.4 is 10.9 Å². The van der Waals surface area contributed by atoms with Crippen LogP contribution in [0.2, 0.25) is 0 Å². The van der Waals surface area contributed by atoms with Crippen molar-refractivity contribution in [2.75, 3.05) is 6.61 Å². The lowest BCUT2D eigenvalue weighted by Crippen LogP contribution is -2.36. The second kappa shape index (κ2) is 8.81. The fraction of sp³-hybridized carbons (Fsp3) is 0.292. The van der Waals surface area contributed by atoms with E-state index in [1.807, 2.05) is 18.2 Å². The molecule has 2 aromatic carbocycles. The van der Waals surface area contributed by atoms with Crippen molar-refractivity contribution in [1.82, 2.24) is 14.9 Å². The molecule has 0 spiro atoms. The first-order chi connectivity index (χ1) is 15.0. The number of nitrogens with one attached hydrogen (secondary N) is 1. The summed E-state index contributed by atoms with van der Waals surface area (Å²) in [6.45, 7) is 1.29. The number of halogens is 1. The van der Waals surface area contributed by atoms with E-state index >= 15 is 0 Å². The summed E-state index contributed by atoms with van der Waals surface area (Å²) in [5.41, 5.74) is 3.34. The number of amides is 1. The number of aromatic nitrogens is 2. The number of aryl methyl sites for hydroxylation is 2. The highest BCUT2D eigenvalue weighted by Gasteiger charge is 2.24. The highest BCUT2D eigenvalue weighted by molar-refractivity contribution is 5.77. The summed E-state index contributed by atoms with van der Waals surface area (Å²) in [7, 11) is 0. The third-order valence-electron chi connectivity index (χ3n) is 5.70. The van der Waals surface area contributed by atoms with Gasteiger partial charge in [-0.2, -0.15) is 0 Å². The second-order valence-electron chi connectivity index (χ2n) is 7.73. The number of nitrogens with zero attached hydrogens (tertiary/aromatic N) is 2. The first-order valence-corrected chi connectivity index (χ1v) is 10.3. The molecule has 0 saturated carbocycles. The molecule has 0 aliphatic heterocycles. The maximum absolute atomic E-state index is 13.4. The molecule has 1 aliphatic rings. The van der Waals surface area contributed by atoms with Crippen molar-refractivity contribution in [2.24, 2.45) is 0 Å². The normalized spacial score (nSPS) is 15.0. The van der Waals surface area contributed by atoms with Gasteiger partial charge in [0, 0.05) is 29.8 Å². The summed E-state index contributed by atoms with van der Waals surface area (Å²) in [4.78, 5) is 30.6. The highest BCUT2D eigenvalue weighted by atomic mass is 19.1. The lowest BCUT2D eigenvalue weighted by molar-refractivity contribution is -0.122. The van der Waals surface area contributed by atoms with E-state index in [1.54, 1.807) is 6.92 Å². The Balaban J connectivity index is 1.67. The fourth-order valence-electron chi connectivity index (χ4n) is 4.16. The number of hydrogen-bond acceptors (Lipinski definition) is 4. The maximum atomic E-state index is 13.4. The number of carbonyl (C=O) groups excluding carboxylic acids is 1. The van der Waals surface area contributed by atoms with Crippen molar-refractivity contribution in [1.29, 1.82) is 0 Å². The average Bonchev–Trinajstić information content (AvgIpc) is 3.16. The summed E-state index contributed by atoms with van der Waals surface area (Å²) in [6, 6.07) is 13.6. The number of benzene rings is 2. The zero-order chi connectivity index (χ0) is 22.0. The molecular weight excluding hydrogens is 397 g/mol. The topological polar surface area (TPSA) is 84.2 Å². The van der Waals surface area contributed by atoms with Crippen molar-refractivity contribution in [3.8, 4) is 11.4 Å². The summed E-state index contributed by atoms with van der Waals surface area (Å²) in [5.74, 6) is -0.400. The van der Waals surface area contributed by atoms with Crippen LogP contribution in [-0.2, 0) is 24.2 Å². The van der Waals surface area contributed by atoms with Gasteiger partial charge in [0.25, 0.3) is 5.56 Å². The molecule has 3 aromatic rings. The minimum atomic E-state index is -0.399. The predicted octanol–water partition coefficient (Wildman–Crippen LogP) is 2.70. The molecule has 0 fully saturated rings. The zero-order valence-electron chi connectivity index (χ0n) is 17.3. The van der Waals surface area contributed by atoms with Gasteiger partial charge >= 0.3 is 0 Å². The molecule has 31 heavy (non-hydrogen) atoms. The molecule has 160 valence electrons. The number of rotatable bonds is 6. The van der Waals surface area contributed by atoms with Gasteiger partial charge in [-0.05, 0) is 55.2 Å². The maximum Gasteiger partial charge on any atom is 0.257 e. The van der Waals surface area contributed by atoms with Crippen LogP contribution in [0.4, 0.5) is 4.39 Å². The summed E-state index contributed by atoms with van der Waals surface area (Å²) in [6.07, 6.45) is 1.86. The van der Waals surface area contributed by atoms with Gasteiger partial charge in [0.15, 0.2) is 0 Å². The molecule has 0 unspecified atom stereocenters. The van der Waals surface area contributed by atoms with E-state index in [9.17, 15) is 19.1 Å². The molecule has 0 saturated heterocycles. The van der Waals surface area contributed by atoms with Gasteiger partial charge in [0.2, 0.25) is 5.91 Å². The SMILES string of the molecule is Cc1nc(-c2ccc(F)cc2)n(CC(=O)N[C@@H]2CCc3ccccc32)c(=O)c1CCO. The quantitative estimate of drug-likeness (QED) is 0.641. The van der Waals surface area contributed by atoms with Crippen LogP contribution in [0.15, 0.2) is 53.3 Å². The third kappa shape index (κ3) is 4.27. The number of aliphatic hydroxyl groups is 1. The lowest BCUT2D eigenvalue weighted by Gasteiger charge is -2.18. The number of fused-ring (bicyclic) bond motifs is 1. The molecule has 1 amide bonds. The Kier molecular flexibility index (Phi) is 5.95. The molecule has 1 aromatic heterocycles. The molecule has 0 bridgehead atoms. The largest absolute Gasteiger partial charge is 0.396 e. The summed E-state index contributed by atoms with van der Waals surface area (Å²) in [5, 5.41) is 12.4. The van der Waals surface area contributed by atoms with Crippen molar-refractivity contribution in [3.05, 3.63) is 87.1 Å². The minimum Gasteiger partial charge on any atom is -0.396 e. The number of hydrogen-bond donors (Lipinski definition) is 2. The molecule has 7 heteroatoms. The number of carbonyl (C=O) groups is 1. The Labute approximate surface area is 179 Å². The van der Waals surface area contributed by atoms with E-state index in [1.165, 1.54) is 34.4 Å². The molecule has 0 radical (unpaired) electrons. The summed E-state index contributed by atoms with van der Waals surface area (Å²) >= 11 is 0. The van der Waals surface area contributed by atoms with E-state index < -0.39 is 5.82 Å². The molecule has 2 N–H and O–H groups in total. The standard InChI is InChI=1S/C24H24FN3O3/c1-15-19(12-13-29)24(31)28(23(26-15)17-6-9-18(25)10-7-17)14-22(30)27-21-11-8-16-4-2-3-5-20(16)21/h2-7,9-10,21,29H,8,11-14H2,1H3,(H,27,30)/t21-/m1/s1. The first-order valence-electron chi connectivity index (χ1n) is 10.3. The van der Waals surface area contributed by atoms with Gasteiger partial charge in [0.1, 0.15) is 18.2 Å². The Hall–Kier alpha value is -3.32. The van der Waals surface area contributed by atoms with Crippen LogP contribution in [0.5, 0.6) is 0 Å². The summed E-state index contributed by atoms with van der Waals surface area (Å²) < 4.78 is 14.7. The lowest BCUT2D eigenvalue weighted by atomic mass is 10.1. The van der Waals surface area contributed by atoms with Gasteiger partial charge in [-0.3, -0.25) is 14.2 Å². The van der Waals surface area contributed by atoms with Crippen LogP contribution >= 0.6 is 0 Å². The van der Waals surface area contributed by atoms with Crippen LogP contribution in [-0.4, -0.2) is 27.2 Å². The predicted molar refractivity (Wildman–Crippen MR) is 115 cm³/mol. The van der Waals surface area contributed by atoms with E-state index in [0.29, 0.717) is 22.6 Å². The third-order valence-corrected chi connectivity index (χ3v) is 5.70. The molecule has 6 nitrogen and oxygen atoms in total. The highest BCUT2D eigenvalue weighted by Crippen LogP contribution is 2.30. The van der Waals surface area contributed by atoms with Crippen LogP contribution in [0, 0.1) is 12.7 Å². The van der Waals surface area contributed by atoms with Crippen molar-refractivity contribution in [3.63, 3.8) is 0 Å². The molecule has 1 atom stereocenters. The van der Waals surface area contributed by atoms with Gasteiger partial charge in [-0.25, -0.2) is 9.37 Å². The van der Waals surface area contributed by atoms with E-state index in [0.717, 1.165) is 18.4 Å². The van der Waals surface area contributed by atoms with Crippen molar-refractivity contribution >= 4 is 5.91 Å². The van der Waals surface area contributed by atoms with E-state index in [-0.39, 0.29) is 37.1 Å². The smallest absolute Gasteiger partial charge is 0.257 e. The monoisotopic (exact) mass is 421 g/mol. The molecule has 4 rings (SSSR count). The molecular formula is C24H24FN3O3. The Morgan fingerprint density at radius 1 is 1.23 bits per heavy atom. The van der Waals surface area contributed by atoms with Crippen molar-refractivity contribution in [2.45, 2.75) is 38.8 Å². The minimum absolute atomic E-state index is 0.0935. The van der Waals surface area contributed by atoms with Crippen LogP contribution in [0.1, 0.15) is 34.8 Å². The van der Waals surface area contributed by atoms with Crippen LogP contribution in [0.3, 0.4) is 0 Å². The van der Waals surface area contributed by atoms with Crippen LogP contribution in [0.25, 0.3) is 11.4 Å². The number of aliphatic hydroxyl groups excluding tert-OH is 1. The Morgan fingerprint density at radius 2 is 1.97 bits per heavy atom. The van der Waals surface area contributed by atoms with Crippen molar-refractivity contribution < 1.29 is 14.3 Å². The fourth-order valence-corrected chi connectivity index (χ4v) is 4.16. The van der Waals surface area contributed by atoms with Gasteiger partial charge < -0.3 is 10.4 Å². The second-order valence-corrected chi connectivity index (χ2v) is 7.73. The van der Waals surface area contributed by atoms with E-state index in [4.69, 9.17) is 0 Å². The van der Waals surface area contributed by atoms with Gasteiger partial charge in [-0.15, -0.1) is 0 Å². The Morgan fingerprint density at radius 3 is 2.71 bits per heavy atom. The first kappa shape index (κ1) is 20.9. The molecule has 1 heterocycles. The average molecular weight is 421 g/mol. The van der Waals surface area contributed by atoms with Gasteiger partial charge in [-0.1, -0.05) is 24.3 Å². The zero-order valence-corrected chi connectivity index (χ0v) is 17.3.